The number of alkyl halides is 3. The molecule has 4 aromatic rings. The van der Waals surface area contributed by atoms with Gasteiger partial charge in [0, 0.05) is 42.4 Å². The predicted octanol–water partition coefficient (Wildman–Crippen LogP) is 5.84. The van der Waals surface area contributed by atoms with Crippen LogP contribution in [0, 0.1) is 23.6 Å². The number of amides is 2. The molecule has 48 heavy (non-hydrogen) atoms. The minimum atomic E-state index is -2.55. The second kappa shape index (κ2) is 12.2. The van der Waals surface area contributed by atoms with Crippen LogP contribution in [0.25, 0.3) is 33.6 Å². The van der Waals surface area contributed by atoms with Gasteiger partial charge < -0.3 is 25.1 Å². The predicted molar refractivity (Wildman–Crippen MR) is 172 cm³/mol. The van der Waals surface area contributed by atoms with Gasteiger partial charge in [0.1, 0.15) is 17.6 Å². The lowest BCUT2D eigenvalue weighted by Gasteiger charge is -2.27. The summed E-state index contributed by atoms with van der Waals surface area (Å²) in [6.07, 6.45) is 1.37. The number of carbonyl (C=O) groups is 2. The van der Waals surface area contributed by atoms with Crippen LogP contribution in [0.15, 0.2) is 30.3 Å². The summed E-state index contributed by atoms with van der Waals surface area (Å²) in [6.45, 7) is 3.26. The fourth-order valence-corrected chi connectivity index (χ4v) is 7.72. The normalized spacial score (nSPS) is 29.1. The molecule has 2 amide bonds. The Bertz CT molecular complexity index is 1910. The van der Waals surface area contributed by atoms with Crippen LogP contribution < -0.4 is 16.0 Å². The van der Waals surface area contributed by atoms with Crippen LogP contribution >= 0.6 is 0 Å². The molecule has 3 aromatic heterocycles. The number of nitrogens with one attached hydrogen (secondary N) is 3. The molecule has 2 aliphatic heterocycles. The zero-order valence-electron chi connectivity index (χ0n) is 26.7. The van der Waals surface area contributed by atoms with E-state index in [0.717, 1.165) is 37.5 Å². The Morgan fingerprint density at radius 1 is 1.08 bits per heavy atom. The summed E-state index contributed by atoms with van der Waals surface area (Å²) < 4.78 is 61.9. The van der Waals surface area contributed by atoms with Crippen LogP contribution in [0.2, 0.25) is 0 Å². The standard InChI is InChI=1S/C35H39F4N7O2/c1-17-25-7-6-19-12-30(45(32(19)42-25)10-4-2-3-5-18-11-20(18)34(47)41-17)33-43-26-13-21(35(48)44-27-16-40-9-8-23(27)36)24(37)15-29(26)46(33)28-14-22(28)31(38)39/h6-7,12-13,15,17-18,20,22-23,27-28,31,40H,2-5,8-11,14,16H2,1H3,(H,41,47)(H,44,48)/t17-,18-,20-,22-,23+,27+,28+/m1/s1. The lowest BCUT2D eigenvalue weighted by atomic mass is 10.0. The maximum absolute atomic E-state index is 15.7. The molecule has 2 bridgehead atoms. The van der Waals surface area contributed by atoms with Gasteiger partial charge in [0.05, 0.1) is 40.1 Å². The van der Waals surface area contributed by atoms with Crippen molar-refractivity contribution < 1.29 is 27.2 Å². The number of hydrogen-bond donors (Lipinski definition) is 3. The van der Waals surface area contributed by atoms with Gasteiger partial charge in [-0.2, -0.15) is 0 Å². The second-order valence-electron chi connectivity index (χ2n) is 14.0. The smallest absolute Gasteiger partial charge is 0.254 e. The van der Waals surface area contributed by atoms with E-state index in [0.29, 0.717) is 47.4 Å². The van der Waals surface area contributed by atoms with Crippen molar-refractivity contribution in [3.8, 4) is 11.5 Å². The molecular weight excluding hydrogens is 626 g/mol. The molecular formula is C35H39F4N7O2. The summed E-state index contributed by atoms with van der Waals surface area (Å²) >= 11 is 0. The molecule has 7 atom stereocenters. The van der Waals surface area contributed by atoms with Crippen LogP contribution in [0.1, 0.15) is 80.0 Å². The molecule has 254 valence electrons. The number of hydrogen-bond acceptors (Lipinski definition) is 5. The van der Waals surface area contributed by atoms with E-state index in [9.17, 15) is 22.8 Å². The third-order valence-corrected chi connectivity index (χ3v) is 10.7. The van der Waals surface area contributed by atoms with Gasteiger partial charge in [0.25, 0.3) is 5.91 Å². The molecule has 8 rings (SSSR count). The van der Waals surface area contributed by atoms with E-state index in [2.05, 4.69) is 20.5 Å². The van der Waals surface area contributed by atoms with Crippen LogP contribution in [0.4, 0.5) is 17.6 Å². The first-order valence-corrected chi connectivity index (χ1v) is 17.1. The Kier molecular flexibility index (Phi) is 7.92. The Balaban J connectivity index is 1.22. The lowest BCUT2D eigenvalue weighted by molar-refractivity contribution is -0.123. The van der Waals surface area contributed by atoms with Crippen molar-refractivity contribution in [3.05, 3.63) is 47.4 Å². The molecule has 5 heterocycles. The van der Waals surface area contributed by atoms with E-state index in [1.54, 1.807) is 4.57 Å². The summed E-state index contributed by atoms with van der Waals surface area (Å²) in [4.78, 5) is 35.9. The van der Waals surface area contributed by atoms with Gasteiger partial charge in [-0.25, -0.2) is 27.5 Å². The van der Waals surface area contributed by atoms with Crippen LogP contribution in [-0.4, -0.2) is 62.6 Å². The SMILES string of the molecule is C[C@H]1NC(=O)[C@@H]2C[C@H]2CCCCCn2c(-c3nc4cc(C(=O)N[C@H]5CNCC[C@@H]5F)c(F)cc4n3[C@H]3C[C@H]3C(F)F)cc3ccc1nc32. The highest BCUT2D eigenvalue weighted by Gasteiger charge is 2.47. The van der Waals surface area contributed by atoms with Crippen LogP contribution in [-0.2, 0) is 11.3 Å². The van der Waals surface area contributed by atoms with Crippen molar-refractivity contribution in [1.82, 2.24) is 35.1 Å². The first kappa shape index (κ1) is 31.3. The van der Waals surface area contributed by atoms with E-state index in [4.69, 9.17) is 9.97 Å². The number of aromatic nitrogens is 4. The number of aryl methyl sites for hydroxylation is 1. The first-order chi connectivity index (χ1) is 23.2. The van der Waals surface area contributed by atoms with Gasteiger partial charge in [-0.15, -0.1) is 0 Å². The molecule has 4 aliphatic rings. The van der Waals surface area contributed by atoms with Gasteiger partial charge in [0.2, 0.25) is 12.3 Å². The molecule has 1 aromatic carbocycles. The third kappa shape index (κ3) is 5.63. The van der Waals surface area contributed by atoms with E-state index in [1.807, 2.05) is 25.1 Å². The Hall–Kier alpha value is -4.00. The zero-order chi connectivity index (χ0) is 33.3. The molecule has 2 aliphatic carbocycles. The molecule has 0 spiro atoms. The number of halogens is 4. The van der Waals surface area contributed by atoms with Crippen molar-refractivity contribution in [1.29, 1.82) is 0 Å². The monoisotopic (exact) mass is 665 g/mol. The maximum atomic E-state index is 15.7. The molecule has 3 N–H and O–H groups in total. The Morgan fingerprint density at radius 2 is 1.94 bits per heavy atom. The van der Waals surface area contributed by atoms with E-state index >= 15 is 4.39 Å². The summed E-state index contributed by atoms with van der Waals surface area (Å²) in [7, 11) is 0. The van der Waals surface area contributed by atoms with Gasteiger partial charge in [-0.1, -0.05) is 12.8 Å². The number of benzene rings is 1. The van der Waals surface area contributed by atoms with Crippen molar-refractivity contribution >= 4 is 33.9 Å². The minimum absolute atomic E-state index is 0.0643. The topological polar surface area (TPSA) is 106 Å². The maximum Gasteiger partial charge on any atom is 0.254 e. The molecule has 9 nitrogen and oxygen atoms in total. The first-order valence-electron chi connectivity index (χ1n) is 17.1. The minimum Gasteiger partial charge on any atom is -0.348 e. The van der Waals surface area contributed by atoms with E-state index in [1.165, 1.54) is 12.1 Å². The Morgan fingerprint density at radius 3 is 2.73 bits per heavy atom. The van der Waals surface area contributed by atoms with Crippen molar-refractivity contribution in [3.63, 3.8) is 0 Å². The fourth-order valence-electron chi connectivity index (χ4n) is 7.72. The van der Waals surface area contributed by atoms with Gasteiger partial charge >= 0.3 is 0 Å². The van der Waals surface area contributed by atoms with Gasteiger partial charge in [0.15, 0.2) is 5.82 Å². The molecule has 0 radical (unpaired) electrons. The number of fused-ring (bicyclic) bond motifs is 3. The number of imidazole rings is 1. The molecule has 1 saturated heterocycles. The molecule has 3 fully saturated rings. The summed E-state index contributed by atoms with van der Waals surface area (Å²) in [5.41, 5.74) is 2.40. The summed E-state index contributed by atoms with van der Waals surface area (Å²) in [6, 6.07) is 6.59. The average Bonchev–Trinajstić information content (AvgIpc) is 3.96. The van der Waals surface area contributed by atoms with Crippen LogP contribution in [0.3, 0.4) is 0 Å². The van der Waals surface area contributed by atoms with Crippen molar-refractivity contribution in [2.75, 3.05) is 13.1 Å². The van der Waals surface area contributed by atoms with Gasteiger partial charge in [-0.05, 0) is 75.8 Å². The highest BCUT2D eigenvalue weighted by Crippen LogP contribution is 2.51. The second-order valence-corrected chi connectivity index (χ2v) is 14.0. The largest absolute Gasteiger partial charge is 0.348 e. The number of rotatable bonds is 5. The van der Waals surface area contributed by atoms with Crippen molar-refractivity contribution in [2.24, 2.45) is 17.8 Å². The number of carbonyl (C=O) groups excluding carboxylic acids is 2. The van der Waals surface area contributed by atoms with Gasteiger partial charge in [-0.3, -0.25) is 9.59 Å². The fraction of sp³-hybridized carbons (Fsp3) is 0.543. The van der Waals surface area contributed by atoms with Crippen molar-refractivity contribution in [2.45, 2.75) is 89.1 Å². The highest BCUT2D eigenvalue weighted by atomic mass is 19.3. The molecule has 0 unspecified atom stereocenters. The quantitative estimate of drug-likeness (QED) is 0.233. The van der Waals surface area contributed by atoms with Crippen LogP contribution in [0.5, 0.6) is 0 Å². The number of pyridine rings is 1. The zero-order valence-corrected chi connectivity index (χ0v) is 26.7. The number of piperidine rings is 1. The molecule has 2 saturated carbocycles. The summed E-state index contributed by atoms with van der Waals surface area (Å²) in [5.74, 6) is -1.54. The average molecular weight is 666 g/mol. The number of nitrogens with zero attached hydrogens (tertiary/aromatic N) is 4. The van der Waals surface area contributed by atoms with E-state index < -0.39 is 42.3 Å². The third-order valence-electron chi connectivity index (χ3n) is 10.7. The van der Waals surface area contributed by atoms with E-state index in [-0.39, 0.29) is 48.3 Å². The molecule has 13 heteroatoms. The highest BCUT2D eigenvalue weighted by molar-refractivity contribution is 5.98. The Labute approximate surface area is 274 Å². The summed E-state index contributed by atoms with van der Waals surface area (Å²) in [5, 5.41) is 9.60. The lowest BCUT2D eigenvalue weighted by Crippen LogP contribution is -2.52.